The first-order chi connectivity index (χ1) is 21.1. The van der Waals surface area contributed by atoms with Crippen molar-refractivity contribution in [3.8, 4) is 0 Å². The molecule has 5 rings (SSSR count). The quantitative estimate of drug-likeness (QED) is 0.268. The minimum atomic E-state index is -0.599. The lowest BCUT2D eigenvalue weighted by Crippen LogP contribution is -2.70. The zero-order valence-corrected chi connectivity index (χ0v) is 32.0. The lowest BCUT2D eigenvalue weighted by Gasteiger charge is -2.71. The molecule has 12 atom stereocenters. The molecule has 1 heterocycles. The minimum Gasteiger partial charge on any atom is -0.481 e. The van der Waals surface area contributed by atoms with E-state index < -0.39 is 5.97 Å². The number of carbonyl (C=O) groups is 1. The number of aliphatic carboxylic acids is 1. The summed E-state index contributed by atoms with van der Waals surface area (Å²) in [5.74, 6) is 0.628. The van der Waals surface area contributed by atoms with E-state index in [0.29, 0.717) is 36.9 Å². The summed E-state index contributed by atoms with van der Waals surface area (Å²) < 4.78 is 20.2. The highest BCUT2D eigenvalue weighted by Crippen LogP contribution is 2.75. The second-order valence-corrected chi connectivity index (χ2v) is 19.5. The van der Waals surface area contributed by atoms with Crippen molar-refractivity contribution in [3.63, 3.8) is 0 Å². The first-order valence-electron chi connectivity index (χ1n) is 18.4. The smallest absolute Gasteiger partial charge is 0.307 e. The average molecular weight is 644 g/mol. The molecule has 0 unspecified atom stereocenters. The number of carboxylic acids is 1. The van der Waals surface area contributed by atoms with Crippen LogP contribution in [-0.4, -0.2) is 74.7 Å². The molecule has 1 aliphatic heterocycles. The van der Waals surface area contributed by atoms with Gasteiger partial charge in [0, 0.05) is 23.5 Å². The Kier molecular flexibility index (Phi) is 9.13. The number of nitrogens with zero attached hydrogens (tertiary/aromatic N) is 1. The molecule has 6 nitrogen and oxygen atoms in total. The van der Waals surface area contributed by atoms with Gasteiger partial charge in [0.25, 0.3) is 0 Å². The van der Waals surface area contributed by atoms with Gasteiger partial charge >= 0.3 is 5.97 Å². The van der Waals surface area contributed by atoms with Crippen molar-refractivity contribution in [3.05, 3.63) is 11.6 Å². The van der Waals surface area contributed by atoms with E-state index in [1.165, 1.54) is 0 Å². The standard InChI is InChI=1S/C40H69NO5/c1-25(2)26(3)35(7)19-20-37(9)27-15-16-30-36(8)22-45-24-40(30,28(27)17-18-38(37,10)31(35)33(42)43)21-29(44-14)32(36)46-23-39(11,41(12)13)34(4,5)6/h17,25-27,29-32H,15-16,18-24H2,1-14H3,(H,42,43)/t26-,27+,29-,30+,31-,32+,35-,36+,37-,38+,39-,40+/m1/s1. The van der Waals surface area contributed by atoms with Crippen LogP contribution in [0.5, 0.6) is 0 Å². The zero-order valence-electron chi connectivity index (χ0n) is 32.0. The number of ether oxygens (including phenoxy) is 3. The molecular weight excluding hydrogens is 574 g/mol. The van der Waals surface area contributed by atoms with E-state index in [-0.39, 0.29) is 56.2 Å². The normalized spacial score (nSPS) is 46.1. The van der Waals surface area contributed by atoms with E-state index in [2.05, 4.69) is 101 Å². The number of hydrogen-bond acceptors (Lipinski definition) is 5. The van der Waals surface area contributed by atoms with Crippen LogP contribution in [0.1, 0.15) is 115 Å². The Morgan fingerprint density at radius 1 is 1.04 bits per heavy atom. The average Bonchev–Trinajstić information content (AvgIpc) is 2.95. The van der Waals surface area contributed by atoms with E-state index in [0.717, 1.165) is 45.1 Å². The van der Waals surface area contributed by atoms with E-state index in [1.54, 1.807) is 5.57 Å². The van der Waals surface area contributed by atoms with Gasteiger partial charge in [0.1, 0.15) is 0 Å². The van der Waals surface area contributed by atoms with Crippen LogP contribution in [0.2, 0.25) is 0 Å². The van der Waals surface area contributed by atoms with Crippen LogP contribution in [-0.2, 0) is 19.0 Å². The summed E-state index contributed by atoms with van der Waals surface area (Å²) in [6.45, 7) is 27.6. The van der Waals surface area contributed by atoms with Gasteiger partial charge in [0.2, 0.25) is 0 Å². The third-order valence-corrected chi connectivity index (χ3v) is 16.5. The molecule has 1 saturated heterocycles. The number of fused-ring (bicyclic) bond motifs is 3. The third-order valence-electron chi connectivity index (χ3n) is 16.5. The van der Waals surface area contributed by atoms with Gasteiger partial charge in [-0.1, -0.05) is 80.9 Å². The van der Waals surface area contributed by atoms with Crippen molar-refractivity contribution in [2.45, 2.75) is 132 Å². The van der Waals surface area contributed by atoms with Gasteiger partial charge < -0.3 is 24.2 Å². The molecule has 0 aromatic heterocycles. The highest BCUT2D eigenvalue weighted by Gasteiger charge is 2.72. The molecule has 46 heavy (non-hydrogen) atoms. The summed E-state index contributed by atoms with van der Waals surface area (Å²) in [6, 6.07) is 0. The van der Waals surface area contributed by atoms with Gasteiger partial charge in [0.05, 0.1) is 37.9 Å². The zero-order chi connectivity index (χ0) is 34.5. The molecule has 0 radical (unpaired) electrons. The fourth-order valence-electron chi connectivity index (χ4n) is 12.4. The maximum absolute atomic E-state index is 13.4. The third kappa shape index (κ3) is 4.79. The first-order valence-corrected chi connectivity index (χ1v) is 18.4. The minimum absolute atomic E-state index is 0.0226. The van der Waals surface area contributed by atoms with Gasteiger partial charge in [-0.3, -0.25) is 4.79 Å². The van der Waals surface area contributed by atoms with Crippen LogP contribution in [0.4, 0.5) is 0 Å². The Labute approximate surface area is 281 Å². The summed E-state index contributed by atoms with van der Waals surface area (Å²) in [4.78, 5) is 15.7. The van der Waals surface area contributed by atoms with Crippen LogP contribution in [0, 0.1) is 62.1 Å². The molecular formula is C40H69NO5. The van der Waals surface area contributed by atoms with Crippen molar-refractivity contribution < 1.29 is 24.1 Å². The van der Waals surface area contributed by atoms with Crippen molar-refractivity contribution in [1.29, 1.82) is 0 Å². The first kappa shape index (κ1) is 36.3. The molecule has 5 aliphatic rings. The Morgan fingerprint density at radius 2 is 1.70 bits per heavy atom. The summed E-state index contributed by atoms with van der Waals surface area (Å²) in [6.07, 6.45) is 8.48. The molecule has 4 aliphatic carbocycles. The topological polar surface area (TPSA) is 68.2 Å². The van der Waals surface area contributed by atoms with Crippen molar-refractivity contribution in [2.75, 3.05) is 41.0 Å². The Morgan fingerprint density at radius 3 is 2.24 bits per heavy atom. The van der Waals surface area contributed by atoms with Gasteiger partial charge in [-0.2, -0.15) is 0 Å². The van der Waals surface area contributed by atoms with Gasteiger partial charge in [-0.15, -0.1) is 0 Å². The summed E-state index contributed by atoms with van der Waals surface area (Å²) >= 11 is 0. The predicted molar refractivity (Wildman–Crippen MR) is 186 cm³/mol. The maximum atomic E-state index is 13.4. The molecule has 2 bridgehead atoms. The number of carboxylic acid groups (broad SMARTS) is 1. The molecule has 0 aromatic rings. The Hall–Kier alpha value is -0.950. The summed E-state index contributed by atoms with van der Waals surface area (Å²) in [5.41, 5.74) is 0.565. The Balaban J connectivity index is 1.54. The van der Waals surface area contributed by atoms with Crippen LogP contribution in [0.15, 0.2) is 11.6 Å². The van der Waals surface area contributed by atoms with Crippen LogP contribution >= 0.6 is 0 Å². The number of likely N-dealkylation sites (N-methyl/N-ethyl adjacent to an activating group) is 1. The fourth-order valence-corrected chi connectivity index (χ4v) is 12.4. The summed E-state index contributed by atoms with van der Waals surface area (Å²) in [7, 11) is 6.20. The summed E-state index contributed by atoms with van der Waals surface area (Å²) in [5, 5.41) is 11.0. The second kappa shape index (κ2) is 11.6. The molecule has 0 spiro atoms. The highest BCUT2D eigenvalue weighted by molar-refractivity contribution is 5.73. The largest absolute Gasteiger partial charge is 0.481 e. The van der Waals surface area contributed by atoms with Crippen LogP contribution in [0.25, 0.3) is 0 Å². The lowest BCUT2D eigenvalue weighted by atomic mass is 9.34. The Bertz CT molecular complexity index is 1210. The lowest BCUT2D eigenvalue weighted by molar-refractivity contribution is -0.273. The maximum Gasteiger partial charge on any atom is 0.307 e. The molecule has 1 N–H and O–H groups in total. The number of allylic oxidation sites excluding steroid dienone is 1. The number of hydrogen-bond donors (Lipinski definition) is 1. The van der Waals surface area contributed by atoms with E-state index in [9.17, 15) is 9.90 Å². The van der Waals surface area contributed by atoms with E-state index in [4.69, 9.17) is 14.2 Å². The van der Waals surface area contributed by atoms with Crippen molar-refractivity contribution in [2.24, 2.45) is 62.1 Å². The SMILES string of the molecule is CO[C@@H]1C[C@@]23COC[C@@](C)([C@@H]2CC[C@H]2C3=CC[C@@]3(C)[C@H](C(=O)O)[C@@](C)([C@H](C)C(C)C)CC[C@]23C)[C@H]1OC[C@@](C)(N(C)C)C(C)(C)C. The highest BCUT2D eigenvalue weighted by atomic mass is 16.5. The number of rotatable bonds is 8. The van der Waals surface area contributed by atoms with Crippen LogP contribution < -0.4 is 0 Å². The van der Waals surface area contributed by atoms with Gasteiger partial charge in [-0.05, 0) is 105 Å². The molecule has 3 saturated carbocycles. The van der Waals surface area contributed by atoms with Crippen molar-refractivity contribution >= 4 is 5.97 Å². The molecule has 264 valence electrons. The van der Waals surface area contributed by atoms with E-state index in [1.807, 2.05) is 7.11 Å². The van der Waals surface area contributed by atoms with Crippen LogP contribution in [0.3, 0.4) is 0 Å². The molecule has 4 fully saturated rings. The molecule has 0 amide bonds. The fraction of sp³-hybridized carbons (Fsp3) is 0.925. The number of methoxy groups -OCH3 is 1. The monoisotopic (exact) mass is 644 g/mol. The van der Waals surface area contributed by atoms with Gasteiger partial charge in [-0.25, -0.2) is 0 Å². The molecule has 6 heteroatoms. The van der Waals surface area contributed by atoms with Crippen molar-refractivity contribution in [1.82, 2.24) is 4.90 Å². The van der Waals surface area contributed by atoms with E-state index >= 15 is 0 Å². The predicted octanol–water partition coefficient (Wildman–Crippen LogP) is 8.34. The molecule has 0 aromatic carbocycles. The van der Waals surface area contributed by atoms with Gasteiger partial charge in [0.15, 0.2) is 0 Å². The second-order valence-electron chi connectivity index (χ2n) is 19.5.